The molecule has 0 saturated carbocycles. The van der Waals surface area contributed by atoms with Gasteiger partial charge < -0.3 is 13.8 Å². The molecular weight excluding hydrogens is 358 g/mol. The van der Waals surface area contributed by atoms with Gasteiger partial charge in [-0.15, -0.1) is 0 Å². The van der Waals surface area contributed by atoms with Gasteiger partial charge in [0.15, 0.2) is 5.76 Å². The largest absolute Gasteiger partial charge is 0.459 e. The Morgan fingerprint density at radius 2 is 1.61 bits per heavy atom. The van der Waals surface area contributed by atoms with Crippen molar-refractivity contribution in [2.45, 2.75) is 19.4 Å². The Kier molecular flexibility index (Phi) is 5.24. The van der Waals surface area contributed by atoms with E-state index >= 15 is 0 Å². The quantitative estimate of drug-likeness (QED) is 0.450. The number of aromatic nitrogens is 3. The Morgan fingerprint density at radius 3 is 2.36 bits per heavy atom. The van der Waals surface area contributed by atoms with Crippen LogP contribution in [0.1, 0.15) is 18.0 Å². The number of benzene rings is 2. The average molecular weight is 375 g/mol. The standard InChI is InChI=1S/C21H17N3O4/c25-20(12-11-19-22-21(24-28-19)16-9-5-2-6-10-16)26-14-17-13-18(27-23-17)15-7-3-1-4-8-15/h1-10,13H,11-12,14H2. The maximum absolute atomic E-state index is 12.0. The topological polar surface area (TPSA) is 91.2 Å². The van der Waals surface area contributed by atoms with Crippen molar-refractivity contribution < 1.29 is 18.6 Å². The molecule has 0 spiro atoms. The number of ether oxygens (including phenoxy) is 1. The summed E-state index contributed by atoms with van der Waals surface area (Å²) in [6, 6.07) is 20.9. The summed E-state index contributed by atoms with van der Waals surface area (Å²) in [5, 5.41) is 7.86. The number of carbonyl (C=O) groups is 1. The maximum Gasteiger partial charge on any atom is 0.306 e. The van der Waals surface area contributed by atoms with Crippen LogP contribution in [0.4, 0.5) is 0 Å². The number of carbonyl (C=O) groups excluding carboxylic acids is 1. The molecule has 0 radical (unpaired) electrons. The van der Waals surface area contributed by atoms with Crippen molar-refractivity contribution in [3.05, 3.63) is 78.3 Å². The highest BCUT2D eigenvalue weighted by molar-refractivity contribution is 5.69. The van der Waals surface area contributed by atoms with E-state index < -0.39 is 0 Å². The summed E-state index contributed by atoms with van der Waals surface area (Å²) in [6.07, 6.45) is 0.451. The van der Waals surface area contributed by atoms with Crippen LogP contribution in [0.2, 0.25) is 0 Å². The summed E-state index contributed by atoms with van der Waals surface area (Å²) in [5.74, 6) is 1.15. The van der Waals surface area contributed by atoms with Gasteiger partial charge >= 0.3 is 5.97 Å². The molecule has 0 fully saturated rings. The monoisotopic (exact) mass is 375 g/mol. The van der Waals surface area contributed by atoms with Gasteiger partial charge in [-0.05, 0) is 0 Å². The van der Waals surface area contributed by atoms with Gasteiger partial charge in [-0.2, -0.15) is 4.98 Å². The molecular formula is C21H17N3O4. The number of nitrogens with zero attached hydrogens (tertiary/aromatic N) is 3. The zero-order valence-corrected chi connectivity index (χ0v) is 14.9. The van der Waals surface area contributed by atoms with Crippen molar-refractivity contribution in [2.75, 3.05) is 0 Å². The fraction of sp³-hybridized carbons (Fsp3) is 0.143. The summed E-state index contributed by atoms with van der Waals surface area (Å²) < 4.78 is 15.7. The van der Waals surface area contributed by atoms with Gasteiger partial charge in [0, 0.05) is 23.6 Å². The minimum atomic E-state index is -0.372. The molecule has 0 unspecified atom stereocenters. The molecule has 2 heterocycles. The van der Waals surface area contributed by atoms with Gasteiger partial charge in [0.2, 0.25) is 11.7 Å². The summed E-state index contributed by atoms with van der Waals surface area (Å²) in [4.78, 5) is 16.3. The number of hydrogen-bond acceptors (Lipinski definition) is 7. The molecule has 4 aromatic rings. The SMILES string of the molecule is O=C(CCc1nc(-c2ccccc2)no1)OCc1cc(-c2ccccc2)on1. The lowest BCUT2D eigenvalue weighted by Gasteiger charge is -2.00. The fourth-order valence-corrected chi connectivity index (χ4v) is 2.61. The van der Waals surface area contributed by atoms with Crippen molar-refractivity contribution >= 4 is 5.97 Å². The van der Waals surface area contributed by atoms with E-state index in [0.717, 1.165) is 11.1 Å². The van der Waals surface area contributed by atoms with Gasteiger partial charge in [0.1, 0.15) is 12.3 Å². The van der Waals surface area contributed by atoms with Gasteiger partial charge in [-0.3, -0.25) is 4.79 Å². The minimum absolute atomic E-state index is 0.0499. The van der Waals surface area contributed by atoms with Gasteiger partial charge in [0.25, 0.3) is 0 Å². The smallest absolute Gasteiger partial charge is 0.306 e. The van der Waals surface area contributed by atoms with Crippen LogP contribution in [-0.2, 0) is 22.6 Å². The van der Waals surface area contributed by atoms with E-state index in [0.29, 0.717) is 29.6 Å². The third kappa shape index (κ3) is 4.32. The van der Waals surface area contributed by atoms with Crippen LogP contribution >= 0.6 is 0 Å². The highest BCUT2D eigenvalue weighted by Gasteiger charge is 2.13. The van der Waals surface area contributed by atoms with Crippen LogP contribution < -0.4 is 0 Å². The molecule has 28 heavy (non-hydrogen) atoms. The highest BCUT2D eigenvalue weighted by atomic mass is 16.5. The zero-order chi connectivity index (χ0) is 19.2. The Morgan fingerprint density at radius 1 is 0.893 bits per heavy atom. The fourth-order valence-electron chi connectivity index (χ4n) is 2.61. The van der Waals surface area contributed by atoms with E-state index in [1.807, 2.05) is 60.7 Å². The van der Waals surface area contributed by atoms with E-state index in [4.69, 9.17) is 13.8 Å². The summed E-state index contributed by atoms with van der Waals surface area (Å²) >= 11 is 0. The Labute approximate surface area is 160 Å². The molecule has 4 rings (SSSR count). The van der Waals surface area contributed by atoms with Crippen LogP contribution in [0.15, 0.2) is 75.8 Å². The minimum Gasteiger partial charge on any atom is -0.459 e. The van der Waals surface area contributed by atoms with Crippen LogP contribution in [-0.4, -0.2) is 21.3 Å². The lowest BCUT2D eigenvalue weighted by molar-refractivity contribution is -0.145. The maximum atomic E-state index is 12.0. The van der Waals surface area contributed by atoms with Crippen LogP contribution in [0.3, 0.4) is 0 Å². The third-order valence-electron chi connectivity index (χ3n) is 4.04. The molecule has 2 aromatic carbocycles. The first-order valence-electron chi connectivity index (χ1n) is 8.82. The number of hydrogen-bond donors (Lipinski definition) is 0. The van der Waals surface area contributed by atoms with E-state index in [1.54, 1.807) is 6.07 Å². The Balaban J connectivity index is 1.26. The first-order chi connectivity index (χ1) is 13.8. The molecule has 140 valence electrons. The van der Waals surface area contributed by atoms with Crippen LogP contribution in [0, 0.1) is 0 Å². The van der Waals surface area contributed by atoms with Gasteiger partial charge in [-0.1, -0.05) is 71.0 Å². The van der Waals surface area contributed by atoms with Crippen molar-refractivity contribution in [3.8, 4) is 22.7 Å². The molecule has 0 N–H and O–H groups in total. The molecule has 0 atom stereocenters. The average Bonchev–Trinajstić information content (AvgIpc) is 3.42. The predicted octanol–water partition coefficient (Wildman–Crippen LogP) is 4.07. The molecule has 7 heteroatoms. The molecule has 0 aliphatic rings. The predicted molar refractivity (Wildman–Crippen MR) is 99.8 cm³/mol. The highest BCUT2D eigenvalue weighted by Crippen LogP contribution is 2.20. The molecule has 0 aliphatic carbocycles. The molecule has 0 saturated heterocycles. The zero-order valence-electron chi connectivity index (χ0n) is 14.9. The Hall–Kier alpha value is -3.74. The molecule has 7 nitrogen and oxygen atoms in total. The summed E-state index contributed by atoms with van der Waals surface area (Å²) in [5.41, 5.74) is 2.33. The normalized spacial score (nSPS) is 10.7. The number of aryl methyl sites for hydroxylation is 1. The second-order valence-electron chi connectivity index (χ2n) is 6.09. The Bertz CT molecular complexity index is 958. The van der Waals surface area contributed by atoms with Crippen molar-refractivity contribution in [3.63, 3.8) is 0 Å². The molecule has 0 amide bonds. The van der Waals surface area contributed by atoms with Gasteiger partial charge in [0.05, 0.1) is 6.42 Å². The van der Waals surface area contributed by atoms with Crippen molar-refractivity contribution in [1.29, 1.82) is 0 Å². The lowest BCUT2D eigenvalue weighted by Crippen LogP contribution is -2.06. The molecule has 2 aromatic heterocycles. The van der Waals surface area contributed by atoms with Crippen molar-refractivity contribution in [1.82, 2.24) is 15.3 Å². The second-order valence-corrected chi connectivity index (χ2v) is 6.09. The molecule has 0 aliphatic heterocycles. The number of esters is 1. The number of rotatable bonds is 7. The first-order valence-corrected chi connectivity index (χ1v) is 8.82. The van der Waals surface area contributed by atoms with Crippen LogP contribution in [0.5, 0.6) is 0 Å². The molecule has 0 bridgehead atoms. The summed E-state index contributed by atoms with van der Waals surface area (Å²) in [6.45, 7) is 0.0499. The van der Waals surface area contributed by atoms with E-state index in [9.17, 15) is 4.79 Å². The van der Waals surface area contributed by atoms with E-state index in [-0.39, 0.29) is 19.0 Å². The van der Waals surface area contributed by atoms with Crippen LogP contribution in [0.25, 0.3) is 22.7 Å². The van der Waals surface area contributed by atoms with Crippen molar-refractivity contribution in [2.24, 2.45) is 0 Å². The summed E-state index contributed by atoms with van der Waals surface area (Å²) in [7, 11) is 0. The van der Waals surface area contributed by atoms with Gasteiger partial charge in [-0.25, -0.2) is 0 Å². The third-order valence-corrected chi connectivity index (χ3v) is 4.04. The van der Waals surface area contributed by atoms with E-state index in [2.05, 4.69) is 15.3 Å². The first kappa shape index (κ1) is 17.7. The van der Waals surface area contributed by atoms with E-state index in [1.165, 1.54) is 0 Å². The lowest BCUT2D eigenvalue weighted by atomic mass is 10.2. The second kappa shape index (κ2) is 8.30.